The summed E-state index contributed by atoms with van der Waals surface area (Å²) in [7, 11) is 2.17. The van der Waals surface area contributed by atoms with Crippen LogP contribution in [0.2, 0.25) is 0 Å². The maximum Gasteiger partial charge on any atom is 0.128 e. The molecule has 0 radical (unpaired) electrons. The van der Waals surface area contributed by atoms with Crippen LogP contribution in [-0.4, -0.2) is 24.5 Å². The zero-order chi connectivity index (χ0) is 17.6. The summed E-state index contributed by atoms with van der Waals surface area (Å²) in [6, 6.07) is 25.7. The summed E-state index contributed by atoms with van der Waals surface area (Å²) >= 11 is 0. The molecule has 25 heavy (non-hydrogen) atoms. The zero-order valence-electron chi connectivity index (χ0n) is 15.4. The van der Waals surface area contributed by atoms with E-state index in [-0.39, 0.29) is 6.10 Å². The summed E-state index contributed by atoms with van der Waals surface area (Å²) in [5.41, 5.74) is 1.23. The monoisotopic (exact) mass is 333 g/mol. The molecule has 0 spiro atoms. The number of hydrogen-bond donors (Lipinski definition) is 0. The Morgan fingerprint density at radius 3 is 2.28 bits per heavy atom. The molecule has 0 amide bonds. The minimum atomic E-state index is 0.0493. The van der Waals surface area contributed by atoms with Gasteiger partial charge >= 0.3 is 0 Å². The molecule has 0 N–H and O–H groups in total. The van der Waals surface area contributed by atoms with Crippen molar-refractivity contribution in [2.24, 2.45) is 0 Å². The fraction of sp³-hybridized carbons (Fsp3) is 0.304. The van der Waals surface area contributed by atoms with E-state index in [1.807, 2.05) is 0 Å². The minimum absolute atomic E-state index is 0.0493. The highest BCUT2D eigenvalue weighted by Gasteiger charge is 2.16. The Kier molecular flexibility index (Phi) is 5.72. The van der Waals surface area contributed by atoms with Gasteiger partial charge in [-0.25, -0.2) is 0 Å². The van der Waals surface area contributed by atoms with Crippen LogP contribution in [0.5, 0.6) is 5.75 Å². The molecule has 2 heteroatoms. The molecule has 1 atom stereocenters. The molecule has 0 aliphatic carbocycles. The van der Waals surface area contributed by atoms with E-state index in [1.54, 1.807) is 0 Å². The summed E-state index contributed by atoms with van der Waals surface area (Å²) in [4.78, 5) is 2.36. The lowest BCUT2D eigenvalue weighted by Gasteiger charge is -2.26. The van der Waals surface area contributed by atoms with Crippen molar-refractivity contribution in [1.82, 2.24) is 4.90 Å². The Labute approximate surface area is 151 Å². The van der Waals surface area contributed by atoms with E-state index in [0.717, 1.165) is 18.7 Å². The van der Waals surface area contributed by atoms with Gasteiger partial charge in [0.15, 0.2) is 0 Å². The van der Waals surface area contributed by atoms with E-state index < -0.39 is 0 Å². The number of fused-ring (bicyclic) bond motifs is 1. The first kappa shape index (κ1) is 17.5. The van der Waals surface area contributed by atoms with Gasteiger partial charge < -0.3 is 9.64 Å². The highest BCUT2D eigenvalue weighted by atomic mass is 16.5. The van der Waals surface area contributed by atoms with E-state index in [4.69, 9.17) is 4.74 Å². The second-order valence-electron chi connectivity index (χ2n) is 6.86. The van der Waals surface area contributed by atoms with Crippen LogP contribution in [0, 0.1) is 0 Å². The molecule has 0 aliphatic rings. The first-order valence-electron chi connectivity index (χ1n) is 9.05. The lowest BCUT2D eigenvalue weighted by atomic mass is 10.1. The van der Waals surface area contributed by atoms with E-state index >= 15 is 0 Å². The van der Waals surface area contributed by atoms with Crippen molar-refractivity contribution >= 4 is 10.8 Å². The van der Waals surface area contributed by atoms with E-state index in [2.05, 4.69) is 98.6 Å². The average Bonchev–Trinajstić information content (AvgIpc) is 2.65. The van der Waals surface area contributed by atoms with E-state index in [1.165, 1.54) is 16.3 Å². The quantitative estimate of drug-likeness (QED) is 0.551. The molecule has 0 fully saturated rings. The molecule has 3 rings (SSSR count). The fourth-order valence-electron chi connectivity index (χ4n) is 2.99. The highest BCUT2D eigenvalue weighted by Crippen LogP contribution is 2.31. The third kappa shape index (κ3) is 4.40. The summed E-state index contributed by atoms with van der Waals surface area (Å²) in [5.74, 6) is 0.958. The van der Waals surface area contributed by atoms with Gasteiger partial charge in [0.25, 0.3) is 0 Å². The van der Waals surface area contributed by atoms with Crippen molar-refractivity contribution in [2.75, 3.05) is 13.6 Å². The van der Waals surface area contributed by atoms with Gasteiger partial charge in [0.1, 0.15) is 11.9 Å². The van der Waals surface area contributed by atoms with Crippen LogP contribution in [0.3, 0.4) is 0 Å². The Morgan fingerprint density at radius 1 is 0.840 bits per heavy atom. The van der Waals surface area contributed by atoms with Crippen LogP contribution in [0.1, 0.15) is 31.9 Å². The normalized spacial score (nSPS) is 12.7. The number of hydrogen-bond acceptors (Lipinski definition) is 2. The molecule has 0 bridgehead atoms. The summed E-state index contributed by atoms with van der Waals surface area (Å²) in [6.45, 7) is 5.45. The van der Waals surface area contributed by atoms with Crippen molar-refractivity contribution in [3.8, 4) is 5.75 Å². The number of nitrogens with zero attached hydrogens (tertiary/aromatic N) is 1. The predicted molar refractivity (Wildman–Crippen MR) is 106 cm³/mol. The predicted octanol–water partition coefficient (Wildman–Crippen LogP) is 5.69. The molecule has 130 valence electrons. The van der Waals surface area contributed by atoms with Gasteiger partial charge in [-0.2, -0.15) is 0 Å². The van der Waals surface area contributed by atoms with Crippen molar-refractivity contribution in [1.29, 1.82) is 0 Å². The molecule has 0 saturated carbocycles. The lowest BCUT2D eigenvalue weighted by molar-refractivity contribution is 0.164. The van der Waals surface area contributed by atoms with Crippen LogP contribution in [-0.2, 0) is 0 Å². The van der Waals surface area contributed by atoms with Crippen LogP contribution in [0.15, 0.2) is 72.8 Å². The second-order valence-corrected chi connectivity index (χ2v) is 6.86. The Bertz CT molecular complexity index is 792. The molecule has 0 unspecified atom stereocenters. The van der Waals surface area contributed by atoms with Crippen molar-refractivity contribution in [2.45, 2.75) is 32.4 Å². The smallest absolute Gasteiger partial charge is 0.128 e. The van der Waals surface area contributed by atoms with Gasteiger partial charge in [-0.05, 0) is 37.9 Å². The molecule has 0 aliphatic heterocycles. The van der Waals surface area contributed by atoms with Gasteiger partial charge in [-0.1, -0.05) is 66.7 Å². The topological polar surface area (TPSA) is 12.5 Å². The van der Waals surface area contributed by atoms with Gasteiger partial charge in [0.05, 0.1) is 0 Å². The molecular formula is C23H27NO. The SMILES string of the molecule is CC(C)N(C)CC[C@H](Oc1cccc2ccccc12)c1ccccc1. The standard InChI is InChI=1S/C23H27NO/c1-18(2)24(3)17-16-22(20-11-5-4-6-12-20)25-23-15-9-13-19-10-7-8-14-21(19)23/h4-15,18,22H,16-17H2,1-3H3/t22-/m0/s1. The average molecular weight is 333 g/mol. The first-order valence-corrected chi connectivity index (χ1v) is 9.05. The largest absolute Gasteiger partial charge is 0.485 e. The second kappa shape index (κ2) is 8.17. The van der Waals surface area contributed by atoms with Crippen molar-refractivity contribution in [3.63, 3.8) is 0 Å². The molecular weight excluding hydrogens is 306 g/mol. The molecule has 0 heterocycles. The third-order valence-corrected chi connectivity index (χ3v) is 4.82. The Morgan fingerprint density at radius 2 is 1.52 bits per heavy atom. The number of rotatable bonds is 7. The molecule has 3 aromatic carbocycles. The third-order valence-electron chi connectivity index (χ3n) is 4.82. The van der Waals surface area contributed by atoms with Gasteiger partial charge in [0, 0.05) is 24.4 Å². The molecule has 0 aromatic heterocycles. The van der Waals surface area contributed by atoms with Crippen molar-refractivity contribution < 1.29 is 4.74 Å². The number of benzene rings is 3. The highest BCUT2D eigenvalue weighted by molar-refractivity contribution is 5.88. The summed E-state index contributed by atoms with van der Waals surface area (Å²) in [6.07, 6.45) is 1.01. The Hall–Kier alpha value is -2.32. The van der Waals surface area contributed by atoms with Gasteiger partial charge in [0.2, 0.25) is 0 Å². The minimum Gasteiger partial charge on any atom is -0.485 e. The maximum absolute atomic E-state index is 6.52. The van der Waals surface area contributed by atoms with E-state index in [9.17, 15) is 0 Å². The molecule has 2 nitrogen and oxygen atoms in total. The van der Waals surface area contributed by atoms with Crippen LogP contribution >= 0.6 is 0 Å². The van der Waals surface area contributed by atoms with Gasteiger partial charge in [-0.15, -0.1) is 0 Å². The summed E-state index contributed by atoms with van der Waals surface area (Å²) < 4.78 is 6.52. The van der Waals surface area contributed by atoms with Gasteiger partial charge in [-0.3, -0.25) is 0 Å². The Balaban J connectivity index is 1.86. The lowest BCUT2D eigenvalue weighted by Crippen LogP contribution is -2.29. The number of ether oxygens (including phenoxy) is 1. The maximum atomic E-state index is 6.52. The van der Waals surface area contributed by atoms with Crippen LogP contribution in [0.4, 0.5) is 0 Å². The van der Waals surface area contributed by atoms with Crippen LogP contribution in [0.25, 0.3) is 10.8 Å². The summed E-state index contributed by atoms with van der Waals surface area (Å²) in [5, 5.41) is 2.38. The van der Waals surface area contributed by atoms with Crippen LogP contribution < -0.4 is 4.74 Å². The van der Waals surface area contributed by atoms with Crippen molar-refractivity contribution in [3.05, 3.63) is 78.4 Å². The first-order chi connectivity index (χ1) is 12.1. The fourth-order valence-corrected chi connectivity index (χ4v) is 2.99. The molecule has 0 saturated heterocycles. The zero-order valence-corrected chi connectivity index (χ0v) is 15.4. The molecule has 3 aromatic rings. The van der Waals surface area contributed by atoms with E-state index in [0.29, 0.717) is 6.04 Å².